The number of nitrogens with one attached hydrogen (secondary N) is 2. The fraction of sp³-hybridized carbons (Fsp3) is 0.150. The van der Waals surface area contributed by atoms with E-state index in [0.717, 1.165) is 17.7 Å². The molecule has 138 valence electrons. The van der Waals surface area contributed by atoms with Crippen molar-refractivity contribution in [1.82, 2.24) is 9.97 Å². The molecule has 1 heterocycles. The number of benzene rings is 2. The van der Waals surface area contributed by atoms with Crippen LogP contribution in [0.15, 0.2) is 54.7 Å². The van der Waals surface area contributed by atoms with Crippen LogP contribution >= 0.6 is 11.6 Å². The number of hydrogen-bond donors (Lipinski definition) is 2. The van der Waals surface area contributed by atoms with Gasteiger partial charge in [-0.15, -0.1) is 0 Å². The molecule has 0 aliphatic carbocycles. The van der Waals surface area contributed by atoms with Crippen LogP contribution in [0.4, 0.5) is 17.3 Å². The van der Waals surface area contributed by atoms with Gasteiger partial charge in [-0.25, -0.2) is 9.97 Å². The van der Waals surface area contributed by atoms with Gasteiger partial charge in [0.05, 0.1) is 12.1 Å². The Balaban J connectivity index is 1.77. The van der Waals surface area contributed by atoms with Crippen LogP contribution < -0.4 is 15.4 Å². The summed E-state index contributed by atoms with van der Waals surface area (Å²) in [7, 11) is 1.55. The highest BCUT2D eigenvalue weighted by molar-refractivity contribution is 6.32. The number of para-hydroxylation sites is 1. The fourth-order valence-electron chi connectivity index (χ4n) is 2.56. The molecular weight excluding hydrogens is 364 g/mol. The van der Waals surface area contributed by atoms with Crippen molar-refractivity contribution >= 4 is 34.8 Å². The van der Waals surface area contributed by atoms with E-state index in [0.29, 0.717) is 22.4 Å². The maximum atomic E-state index is 12.6. The summed E-state index contributed by atoms with van der Waals surface area (Å²) < 4.78 is 5.13. The van der Waals surface area contributed by atoms with Gasteiger partial charge in [0.15, 0.2) is 0 Å². The topological polar surface area (TPSA) is 76.1 Å². The summed E-state index contributed by atoms with van der Waals surface area (Å²) in [6, 6.07) is 14.5. The number of amides is 1. The lowest BCUT2D eigenvalue weighted by atomic mass is 10.1. The first-order chi connectivity index (χ1) is 13.1. The number of methoxy groups -OCH3 is 1. The van der Waals surface area contributed by atoms with E-state index in [-0.39, 0.29) is 11.6 Å². The molecule has 0 fully saturated rings. The van der Waals surface area contributed by atoms with Crippen LogP contribution in [-0.2, 0) is 6.42 Å². The van der Waals surface area contributed by atoms with Crippen LogP contribution in [0.5, 0.6) is 5.75 Å². The second-order valence-electron chi connectivity index (χ2n) is 5.70. The van der Waals surface area contributed by atoms with Crippen molar-refractivity contribution in [3.8, 4) is 5.75 Å². The van der Waals surface area contributed by atoms with Gasteiger partial charge < -0.3 is 15.4 Å². The molecule has 0 aliphatic heterocycles. The van der Waals surface area contributed by atoms with Gasteiger partial charge >= 0.3 is 0 Å². The minimum Gasteiger partial charge on any atom is -0.495 e. The van der Waals surface area contributed by atoms with Crippen molar-refractivity contribution in [3.05, 3.63) is 71.0 Å². The minimum atomic E-state index is -0.297. The maximum absolute atomic E-state index is 12.6. The van der Waals surface area contributed by atoms with E-state index in [4.69, 9.17) is 16.3 Å². The molecule has 27 heavy (non-hydrogen) atoms. The summed E-state index contributed by atoms with van der Waals surface area (Å²) in [5.74, 6) is 0.577. The Labute approximate surface area is 162 Å². The normalized spacial score (nSPS) is 10.3. The molecule has 7 heteroatoms. The second kappa shape index (κ2) is 8.51. The third kappa shape index (κ3) is 4.54. The standard InChI is InChI=1S/C20H19ClN4O2/c1-3-13-6-4-5-7-16(13)24-19(26)17-10-11-22-20(25-17)23-14-8-9-18(27-2)15(21)12-14/h4-12H,3H2,1-2H3,(H,24,26)(H,22,23,25). The second-order valence-corrected chi connectivity index (χ2v) is 6.11. The van der Waals surface area contributed by atoms with Gasteiger partial charge in [0.25, 0.3) is 5.91 Å². The Morgan fingerprint density at radius 2 is 2.00 bits per heavy atom. The van der Waals surface area contributed by atoms with E-state index >= 15 is 0 Å². The van der Waals surface area contributed by atoms with Crippen LogP contribution in [0.3, 0.4) is 0 Å². The van der Waals surface area contributed by atoms with E-state index < -0.39 is 0 Å². The lowest BCUT2D eigenvalue weighted by molar-refractivity contribution is 0.102. The lowest BCUT2D eigenvalue weighted by Gasteiger charge is -2.10. The number of nitrogens with zero attached hydrogens (tertiary/aromatic N) is 2. The fourth-order valence-corrected chi connectivity index (χ4v) is 2.81. The molecule has 0 aliphatic rings. The highest BCUT2D eigenvalue weighted by Crippen LogP contribution is 2.28. The van der Waals surface area contributed by atoms with Gasteiger partial charge in [0, 0.05) is 17.6 Å². The average molecular weight is 383 g/mol. The summed E-state index contributed by atoms with van der Waals surface area (Å²) in [6.45, 7) is 2.04. The van der Waals surface area contributed by atoms with Gasteiger partial charge in [-0.2, -0.15) is 0 Å². The zero-order valence-corrected chi connectivity index (χ0v) is 15.7. The largest absolute Gasteiger partial charge is 0.495 e. The summed E-state index contributed by atoms with van der Waals surface area (Å²) in [5.41, 5.74) is 2.79. The molecule has 0 saturated carbocycles. The van der Waals surface area contributed by atoms with Crippen molar-refractivity contribution in [2.24, 2.45) is 0 Å². The van der Waals surface area contributed by atoms with Crippen LogP contribution in [0, 0.1) is 0 Å². The first kappa shape index (κ1) is 18.7. The Morgan fingerprint density at radius 1 is 1.19 bits per heavy atom. The van der Waals surface area contributed by atoms with Crippen LogP contribution in [0.1, 0.15) is 23.0 Å². The molecule has 2 aromatic carbocycles. The van der Waals surface area contributed by atoms with Gasteiger partial charge in [-0.3, -0.25) is 4.79 Å². The Bertz CT molecular complexity index is 962. The lowest BCUT2D eigenvalue weighted by Crippen LogP contribution is -2.15. The number of halogens is 1. The van der Waals surface area contributed by atoms with E-state index in [9.17, 15) is 4.79 Å². The molecule has 3 rings (SSSR count). The van der Waals surface area contributed by atoms with Crippen molar-refractivity contribution in [1.29, 1.82) is 0 Å². The molecule has 0 atom stereocenters. The van der Waals surface area contributed by atoms with E-state index in [2.05, 4.69) is 20.6 Å². The third-order valence-electron chi connectivity index (χ3n) is 3.94. The summed E-state index contributed by atoms with van der Waals surface area (Å²) in [5, 5.41) is 6.40. The molecule has 0 bridgehead atoms. The monoisotopic (exact) mass is 382 g/mol. The number of carbonyl (C=O) groups is 1. The highest BCUT2D eigenvalue weighted by Gasteiger charge is 2.11. The van der Waals surface area contributed by atoms with E-state index in [1.807, 2.05) is 31.2 Å². The average Bonchev–Trinajstić information content (AvgIpc) is 2.69. The number of anilines is 3. The SMILES string of the molecule is CCc1ccccc1NC(=O)c1ccnc(Nc2ccc(OC)c(Cl)c2)n1. The molecule has 0 saturated heterocycles. The Morgan fingerprint density at radius 3 is 2.74 bits per heavy atom. The number of ether oxygens (including phenoxy) is 1. The number of hydrogen-bond acceptors (Lipinski definition) is 5. The first-order valence-corrected chi connectivity index (χ1v) is 8.81. The van der Waals surface area contributed by atoms with Crippen molar-refractivity contribution in [2.45, 2.75) is 13.3 Å². The number of carbonyl (C=O) groups excluding carboxylic acids is 1. The van der Waals surface area contributed by atoms with E-state index in [1.54, 1.807) is 31.4 Å². The number of aryl methyl sites for hydroxylation is 1. The van der Waals surface area contributed by atoms with Crippen LogP contribution in [0.2, 0.25) is 5.02 Å². The summed E-state index contributed by atoms with van der Waals surface area (Å²) in [6.07, 6.45) is 2.35. The third-order valence-corrected chi connectivity index (χ3v) is 4.24. The smallest absolute Gasteiger partial charge is 0.274 e. The van der Waals surface area contributed by atoms with Crippen LogP contribution in [-0.4, -0.2) is 23.0 Å². The summed E-state index contributed by atoms with van der Waals surface area (Å²) >= 11 is 6.13. The van der Waals surface area contributed by atoms with Gasteiger partial charge in [-0.1, -0.05) is 36.7 Å². The van der Waals surface area contributed by atoms with E-state index in [1.165, 1.54) is 6.20 Å². The molecule has 0 spiro atoms. The molecule has 3 aromatic rings. The molecule has 2 N–H and O–H groups in total. The zero-order chi connectivity index (χ0) is 19.2. The molecule has 1 amide bonds. The zero-order valence-electron chi connectivity index (χ0n) is 15.0. The van der Waals surface area contributed by atoms with Crippen molar-refractivity contribution in [2.75, 3.05) is 17.7 Å². The quantitative estimate of drug-likeness (QED) is 0.646. The molecular formula is C20H19ClN4O2. The molecule has 1 aromatic heterocycles. The number of aromatic nitrogens is 2. The van der Waals surface area contributed by atoms with Gasteiger partial charge in [0.2, 0.25) is 5.95 Å². The molecule has 0 unspecified atom stereocenters. The van der Waals surface area contributed by atoms with Crippen molar-refractivity contribution < 1.29 is 9.53 Å². The van der Waals surface area contributed by atoms with Gasteiger partial charge in [-0.05, 0) is 42.3 Å². The van der Waals surface area contributed by atoms with Crippen LogP contribution in [0.25, 0.3) is 0 Å². The highest BCUT2D eigenvalue weighted by atomic mass is 35.5. The molecule has 0 radical (unpaired) electrons. The molecule has 6 nitrogen and oxygen atoms in total. The Kier molecular flexibility index (Phi) is 5.88. The first-order valence-electron chi connectivity index (χ1n) is 8.43. The number of rotatable bonds is 6. The Hall–Kier alpha value is -3.12. The summed E-state index contributed by atoms with van der Waals surface area (Å²) in [4.78, 5) is 21.0. The van der Waals surface area contributed by atoms with Crippen molar-refractivity contribution in [3.63, 3.8) is 0 Å². The van der Waals surface area contributed by atoms with Gasteiger partial charge in [0.1, 0.15) is 11.4 Å². The predicted octanol–water partition coefficient (Wildman–Crippen LogP) is 4.70. The predicted molar refractivity (Wildman–Crippen MR) is 107 cm³/mol. The maximum Gasteiger partial charge on any atom is 0.274 e. The minimum absolute atomic E-state index is 0.262.